The van der Waals surface area contributed by atoms with Gasteiger partial charge >= 0.3 is 0 Å². The zero-order chi connectivity index (χ0) is 16.8. The minimum atomic E-state index is 0.0939. The molecule has 0 radical (unpaired) electrons. The molecule has 2 aromatic rings. The molecule has 24 heavy (non-hydrogen) atoms. The van der Waals surface area contributed by atoms with Crippen LogP contribution in [0.15, 0.2) is 29.3 Å². The van der Waals surface area contributed by atoms with Crippen LogP contribution in [0.1, 0.15) is 43.0 Å². The lowest BCUT2D eigenvalue weighted by molar-refractivity contribution is -0.117. The Hall–Kier alpha value is -1.94. The zero-order valence-corrected chi connectivity index (χ0v) is 14.8. The van der Waals surface area contributed by atoms with E-state index in [-0.39, 0.29) is 17.6 Å². The molecule has 2 aliphatic rings. The second-order valence-corrected chi connectivity index (χ2v) is 7.71. The van der Waals surface area contributed by atoms with Crippen LogP contribution >= 0.6 is 11.3 Å². The second-order valence-electron chi connectivity index (χ2n) is 6.85. The molecular formula is C20H21NO2S. The smallest absolute Gasteiger partial charge is 0.169 e. The third-order valence-electron chi connectivity index (χ3n) is 5.32. The van der Waals surface area contributed by atoms with Crippen LogP contribution in [0.3, 0.4) is 0 Å². The van der Waals surface area contributed by atoms with Crippen molar-refractivity contribution in [2.75, 3.05) is 0 Å². The van der Waals surface area contributed by atoms with Gasteiger partial charge in [-0.25, -0.2) is 4.98 Å². The lowest BCUT2D eigenvalue weighted by atomic mass is 9.81. The van der Waals surface area contributed by atoms with E-state index < -0.39 is 0 Å². The molecule has 1 fully saturated rings. The van der Waals surface area contributed by atoms with Gasteiger partial charge in [0.05, 0.1) is 5.57 Å². The first-order valence-electron chi connectivity index (χ1n) is 8.61. The fourth-order valence-corrected chi connectivity index (χ4v) is 4.80. The highest BCUT2D eigenvalue weighted by Crippen LogP contribution is 2.46. The quantitative estimate of drug-likeness (QED) is 0.861. The summed E-state index contributed by atoms with van der Waals surface area (Å²) in [6.07, 6.45) is 3.50. The van der Waals surface area contributed by atoms with Crippen molar-refractivity contribution >= 4 is 22.7 Å². The summed E-state index contributed by atoms with van der Waals surface area (Å²) in [4.78, 5) is 17.4. The Morgan fingerprint density at radius 3 is 2.79 bits per heavy atom. The number of fused-ring (bicyclic) bond motifs is 2. The van der Waals surface area contributed by atoms with Crippen molar-refractivity contribution in [2.45, 2.75) is 39.5 Å². The van der Waals surface area contributed by atoms with E-state index >= 15 is 0 Å². The summed E-state index contributed by atoms with van der Waals surface area (Å²) < 4.78 is 0. The highest BCUT2D eigenvalue weighted by atomic mass is 32.1. The molecule has 2 atom stereocenters. The lowest BCUT2D eigenvalue weighted by Gasteiger charge is -2.23. The van der Waals surface area contributed by atoms with Crippen molar-refractivity contribution in [3.63, 3.8) is 0 Å². The van der Waals surface area contributed by atoms with E-state index in [0.717, 1.165) is 53.1 Å². The first-order valence-corrected chi connectivity index (χ1v) is 9.49. The molecule has 1 saturated carbocycles. The molecular weight excluding hydrogens is 318 g/mol. The van der Waals surface area contributed by atoms with Crippen molar-refractivity contribution in [3.05, 3.63) is 46.2 Å². The summed E-state index contributed by atoms with van der Waals surface area (Å²) in [5.41, 5.74) is 4.61. The van der Waals surface area contributed by atoms with Crippen molar-refractivity contribution in [1.82, 2.24) is 4.98 Å². The fraction of sp³-hybridized carbons (Fsp3) is 0.400. The normalized spacial score (nSPS) is 23.2. The number of ketones is 1. The minimum absolute atomic E-state index is 0.0939. The molecule has 1 N–H and O–H groups in total. The number of hydrogen-bond acceptors (Lipinski definition) is 4. The molecule has 1 heterocycles. The molecule has 1 aromatic carbocycles. The molecule has 4 heteroatoms. The van der Waals surface area contributed by atoms with Gasteiger partial charge in [0.15, 0.2) is 5.78 Å². The van der Waals surface area contributed by atoms with Crippen LogP contribution in [-0.4, -0.2) is 15.9 Å². The van der Waals surface area contributed by atoms with E-state index in [1.807, 2.05) is 18.4 Å². The summed E-state index contributed by atoms with van der Waals surface area (Å²) in [5, 5.41) is 13.7. The number of aliphatic hydroxyl groups is 1. The highest BCUT2D eigenvalue weighted by Gasteiger charge is 2.41. The average molecular weight is 339 g/mol. The van der Waals surface area contributed by atoms with Crippen molar-refractivity contribution < 1.29 is 9.90 Å². The van der Waals surface area contributed by atoms with Crippen LogP contribution in [-0.2, 0) is 11.2 Å². The van der Waals surface area contributed by atoms with Crippen molar-refractivity contribution in [3.8, 4) is 10.6 Å². The minimum Gasteiger partial charge on any atom is -0.511 e. The number of carbonyl (C=O) groups excluding carboxylic acids is 1. The molecule has 124 valence electrons. The predicted octanol–water partition coefficient (Wildman–Crippen LogP) is 4.95. The third-order valence-corrected chi connectivity index (χ3v) is 6.33. The number of benzene rings is 1. The van der Waals surface area contributed by atoms with E-state index in [9.17, 15) is 9.90 Å². The lowest BCUT2D eigenvalue weighted by Crippen LogP contribution is -2.22. The number of rotatable bonds is 3. The van der Waals surface area contributed by atoms with Gasteiger partial charge in [0.1, 0.15) is 10.8 Å². The topological polar surface area (TPSA) is 50.2 Å². The number of hydrogen-bond donors (Lipinski definition) is 1. The molecule has 1 aromatic heterocycles. The monoisotopic (exact) mass is 339 g/mol. The second kappa shape index (κ2) is 5.85. The van der Waals surface area contributed by atoms with Gasteiger partial charge in [0.2, 0.25) is 0 Å². The zero-order valence-electron chi connectivity index (χ0n) is 14.0. The Morgan fingerprint density at radius 1 is 1.29 bits per heavy atom. The Bertz CT molecular complexity index is 849. The van der Waals surface area contributed by atoms with Gasteiger partial charge in [0.25, 0.3) is 0 Å². The Balaban J connectivity index is 1.87. The van der Waals surface area contributed by atoms with Crippen LogP contribution < -0.4 is 0 Å². The molecule has 0 aliphatic heterocycles. The number of carbonyl (C=O) groups is 1. The Labute approximate surface area is 146 Å². The van der Waals surface area contributed by atoms with Gasteiger partial charge in [-0.05, 0) is 49.8 Å². The van der Waals surface area contributed by atoms with Gasteiger partial charge in [0, 0.05) is 28.5 Å². The summed E-state index contributed by atoms with van der Waals surface area (Å²) in [5.74, 6) is 0.703. The van der Waals surface area contributed by atoms with E-state index in [1.54, 1.807) is 11.3 Å². The maximum atomic E-state index is 12.9. The van der Waals surface area contributed by atoms with Crippen molar-refractivity contribution in [1.29, 1.82) is 0 Å². The van der Waals surface area contributed by atoms with Gasteiger partial charge < -0.3 is 5.11 Å². The molecule has 0 spiro atoms. The van der Waals surface area contributed by atoms with Gasteiger partial charge in [-0.3, -0.25) is 4.79 Å². The largest absolute Gasteiger partial charge is 0.511 e. The number of aliphatic hydroxyl groups excluding tert-OH is 1. The average Bonchev–Trinajstić information content (AvgIpc) is 3.21. The van der Waals surface area contributed by atoms with Gasteiger partial charge in [-0.2, -0.15) is 0 Å². The molecule has 0 amide bonds. The molecule has 4 rings (SSSR count). The molecule has 3 nitrogen and oxygen atoms in total. The van der Waals surface area contributed by atoms with Gasteiger partial charge in [-0.15, -0.1) is 11.3 Å². The summed E-state index contributed by atoms with van der Waals surface area (Å²) >= 11 is 1.61. The van der Waals surface area contributed by atoms with Crippen molar-refractivity contribution in [2.24, 2.45) is 11.8 Å². The van der Waals surface area contributed by atoms with E-state index in [1.165, 1.54) is 0 Å². The maximum Gasteiger partial charge on any atom is 0.169 e. The molecule has 0 saturated heterocycles. The van der Waals surface area contributed by atoms with Gasteiger partial charge in [-0.1, -0.05) is 19.1 Å². The van der Waals surface area contributed by atoms with E-state index in [4.69, 9.17) is 0 Å². The third kappa shape index (κ3) is 2.40. The molecule has 2 aliphatic carbocycles. The standard InChI is InChI=1S/C20H21NO2S/c1-3-12-4-7-15(20-21-11(2)10-24-20)9-16(12)17-18(22)13-5-6-14(8-13)19(17)23/h4,7,9-10,13-14,22H,3,5-6,8H2,1-2H3/t13-,14+/m1/s1. The van der Waals surface area contributed by atoms with Crippen LogP contribution in [0.4, 0.5) is 0 Å². The van der Waals surface area contributed by atoms with Crippen LogP contribution in [0, 0.1) is 18.8 Å². The first kappa shape index (κ1) is 15.6. The number of Topliss-reactive ketones (excluding diaryl/α,β-unsaturated/α-hetero) is 1. The molecule has 0 unspecified atom stereocenters. The highest BCUT2D eigenvalue weighted by molar-refractivity contribution is 7.13. The summed E-state index contributed by atoms with van der Waals surface area (Å²) in [7, 11) is 0. The Kier molecular flexibility index (Phi) is 3.80. The number of thiazole rings is 1. The molecule has 2 bridgehead atoms. The fourth-order valence-electron chi connectivity index (χ4n) is 4.01. The van der Waals surface area contributed by atoms with Crippen LogP contribution in [0.2, 0.25) is 0 Å². The Morgan fingerprint density at radius 2 is 2.08 bits per heavy atom. The number of aryl methyl sites for hydroxylation is 2. The summed E-state index contributed by atoms with van der Waals surface area (Å²) in [6.45, 7) is 4.07. The maximum absolute atomic E-state index is 12.9. The van der Waals surface area contributed by atoms with Crippen LogP contribution in [0.25, 0.3) is 16.1 Å². The number of nitrogens with zero attached hydrogens (tertiary/aromatic N) is 1. The first-order chi connectivity index (χ1) is 11.6. The van der Waals surface area contributed by atoms with E-state index in [0.29, 0.717) is 11.3 Å². The number of allylic oxidation sites excluding steroid dienone is 2. The predicted molar refractivity (Wildman–Crippen MR) is 97.1 cm³/mol. The number of aromatic nitrogens is 1. The van der Waals surface area contributed by atoms with Crippen LogP contribution in [0.5, 0.6) is 0 Å². The SMILES string of the molecule is CCc1ccc(-c2nc(C)cs2)cc1C1=C(O)[C@@H]2CC[C@@H](C2)C1=O. The van der Waals surface area contributed by atoms with E-state index in [2.05, 4.69) is 24.0 Å². The summed E-state index contributed by atoms with van der Waals surface area (Å²) in [6, 6.07) is 6.19.